The van der Waals surface area contributed by atoms with Crippen molar-refractivity contribution in [3.05, 3.63) is 76.1 Å². The second-order valence-corrected chi connectivity index (χ2v) is 8.79. The van der Waals surface area contributed by atoms with Crippen LogP contribution in [0.4, 0.5) is 5.69 Å². The van der Waals surface area contributed by atoms with Crippen LogP contribution in [0.5, 0.6) is 0 Å². The molecule has 3 N–H and O–H groups in total. The third-order valence-electron chi connectivity index (χ3n) is 4.13. The van der Waals surface area contributed by atoms with Crippen LogP contribution >= 0.6 is 15.9 Å². The smallest absolute Gasteiger partial charge is 0.251 e. The molecule has 0 aliphatic rings. The predicted octanol–water partition coefficient (Wildman–Crippen LogP) is 2.97. The van der Waals surface area contributed by atoms with Crippen molar-refractivity contribution in [1.82, 2.24) is 10.6 Å². The van der Waals surface area contributed by atoms with Crippen molar-refractivity contribution in [2.75, 3.05) is 18.1 Å². The van der Waals surface area contributed by atoms with Crippen molar-refractivity contribution in [3.8, 4) is 0 Å². The molecule has 2 atom stereocenters. The topological polar surface area (TPSA) is 104 Å². The van der Waals surface area contributed by atoms with E-state index in [4.69, 9.17) is 0 Å². The number of halogens is 1. The van der Waals surface area contributed by atoms with E-state index in [1.54, 1.807) is 54.6 Å². The number of rotatable bonds is 10. The summed E-state index contributed by atoms with van der Waals surface area (Å²) in [5.74, 6) is -1.10. The minimum Gasteiger partial charge on any atom is -0.351 e. The molecule has 2 aromatic carbocycles. The van der Waals surface area contributed by atoms with Gasteiger partial charge in [0.25, 0.3) is 5.91 Å². The molecule has 9 heteroatoms. The van der Waals surface area contributed by atoms with E-state index in [1.807, 2.05) is 6.07 Å². The standard InChI is InChI=1S/C22H24BrN3O4S/c1-31(30)15-5-14-24-22(29)19(26-21(28)16-8-10-17(23)11-9-16)12-13-20(27)25-18-6-3-2-4-7-18/h2-11,15,19H,12-14H2,1H3,(H,24,29)(H,25,27)(H,26,28)/b15-5+. The number of benzene rings is 2. The maximum atomic E-state index is 12.6. The first kappa shape index (κ1) is 24.5. The summed E-state index contributed by atoms with van der Waals surface area (Å²) in [6.45, 7) is 0.166. The van der Waals surface area contributed by atoms with Gasteiger partial charge in [0.1, 0.15) is 6.04 Å². The highest BCUT2D eigenvalue weighted by Crippen LogP contribution is 2.11. The zero-order valence-electron chi connectivity index (χ0n) is 17.0. The molecule has 0 saturated heterocycles. The van der Waals surface area contributed by atoms with Gasteiger partial charge in [0.05, 0.1) is 0 Å². The zero-order chi connectivity index (χ0) is 22.6. The molecule has 0 aliphatic heterocycles. The molecular formula is C22H24BrN3O4S. The SMILES string of the molecule is CS(=O)/C=C/CNC(=O)C(CCC(=O)Nc1ccccc1)NC(=O)c1ccc(Br)cc1. The first-order valence-corrected chi connectivity index (χ1v) is 11.9. The summed E-state index contributed by atoms with van der Waals surface area (Å²) in [6.07, 6.45) is 3.26. The minimum absolute atomic E-state index is 0.0441. The number of para-hydroxylation sites is 1. The molecule has 2 rings (SSSR count). The summed E-state index contributed by atoms with van der Waals surface area (Å²) in [4.78, 5) is 37.4. The molecule has 0 radical (unpaired) electrons. The van der Waals surface area contributed by atoms with Gasteiger partial charge in [-0.2, -0.15) is 0 Å². The number of hydrogen-bond acceptors (Lipinski definition) is 4. The van der Waals surface area contributed by atoms with E-state index in [2.05, 4.69) is 31.9 Å². The number of amides is 3. The number of carbonyl (C=O) groups excluding carboxylic acids is 3. The van der Waals surface area contributed by atoms with Crippen LogP contribution in [0.1, 0.15) is 23.2 Å². The molecule has 0 spiro atoms. The summed E-state index contributed by atoms with van der Waals surface area (Å²) in [7, 11) is -1.11. The summed E-state index contributed by atoms with van der Waals surface area (Å²) >= 11 is 3.31. The first-order valence-electron chi connectivity index (χ1n) is 9.53. The molecular weight excluding hydrogens is 482 g/mol. The molecule has 0 heterocycles. The molecule has 31 heavy (non-hydrogen) atoms. The normalized spacial score (nSPS) is 12.7. The molecule has 2 unspecified atom stereocenters. The highest BCUT2D eigenvalue weighted by Gasteiger charge is 2.22. The quantitative estimate of drug-likeness (QED) is 0.461. The Hall–Kier alpha value is -2.78. The van der Waals surface area contributed by atoms with Crippen molar-refractivity contribution in [2.45, 2.75) is 18.9 Å². The molecule has 0 saturated carbocycles. The zero-order valence-corrected chi connectivity index (χ0v) is 19.4. The minimum atomic E-state index is -1.11. The van der Waals surface area contributed by atoms with Crippen molar-refractivity contribution < 1.29 is 18.6 Å². The molecule has 164 valence electrons. The van der Waals surface area contributed by atoms with Crippen LogP contribution in [0.3, 0.4) is 0 Å². The summed E-state index contributed by atoms with van der Waals surface area (Å²) < 4.78 is 11.9. The first-order chi connectivity index (χ1) is 14.8. The number of hydrogen-bond donors (Lipinski definition) is 3. The Morgan fingerprint density at radius 1 is 1.06 bits per heavy atom. The number of carbonyl (C=O) groups is 3. The lowest BCUT2D eigenvalue weighted by Gasteiger charge is -2.18. The van der Waals surface area contributed by atoms with Gasteiger partial charge in [0.2, 0.25) is 11.8 Å². The van der Waals surface area contributed by atoms with Crippen molar-refractivity contribution in [2.24, 2.45) is 0 Å². The van der Waals surface area contributed by atoms with E-state index in [1.165, 1.54) is 11.7 Å². The highest BCUT2D eigenvalue weighted by atomic mass is 79.9. The van der Waals surface area contributed by atoms with E-state index in [-0.39, 0.29) is 25.3 Å². The molecule has 0 bridgehead atoms. The summed E-state index contributed by atoms with van der Waals surface area (Å²) in [5.41, 5.74) is 1.06. The van der Waals surface area contributed by atoms with E-state index < -0.39 is 28.7 Å². The monoisotopic (exact) mass is 505 g/mol. The third kappa shape index (κ3) is 9.27. The van der Waals surface area contributed by atoms with E-state index in [0.717, 1.165) is 4.47 Å². The largest absolute Gasteiger partial charge is 0.351 e. The van der Waals surface area contributed by atoms with Crippen molar-refractivity contribution in [1.29, 1.82) is 0 Å². The predicted molar refractivity (Wildman–Crippen MR) is 126 cm³/mol. The molecule has 2 aromatic rings. The van der Waals surface area contributed by atoms with Gasteiger partial charge in [-0.25, -0.2) is 0 Å². The van der Waals surface area contributed by atoms with Gasteiger partial charge in [-0.15, -0.1) is 0 Å². The number of nitrogens with one attached hydrogen (secondary N) is 3. The molecule has 0 aromatic heterocycles. The third-order valence-corrected chi connectivity index (χ3v) is 5.23. The fourth-order valence-electron chi connectivity index (χ4n) is 2.60. The van der Waals surface area contributed by atoms with Crippen LogP contribution in [0.2, 0.25) is 0 Å². The van der Waals surface area contributed by atoms with Gasteiger partial charge >= 0.3 is 0 Å². The fraction of sp³-hybridized carbons (Fsp3) is 0.227. The fourth-order valence-corrected chi connectivity index (χ4v) is 3.23. The van der Waals surface area contributed by atoms with Gasteiger partial charge in [-0.1, -0.05) is 40.2 Å². The van der Waals surface area contributed by atoms with Crippen molar-refractivity contribution >= 4 is 50.1 Å². The average molecular weight is 506 g/mol. The summed E-state index contributed by atoms with van der Waals surface area (Å²) in [6, 6.07) is 14.8. The van der Waals surface area contributed by atoms with Gasteiger partial charge in [-0.05, 0) is 48.2 Å². The van der Waals surface area contributed by atoms with Crippen LogP contribution in [0.15, 0.2) is 70.6 Å². The van der Waals surface area contributed by atoms with Crippen LogP contribution in [-0.2, 0) is 20.4 Å². The second kappa shape index (κ2) is 12.8. The van der Waals surface area contributed by atoms with Crippen LogP contribution in [0, 0.1) is 0 Å². The Labute approximate surface area is 192 Å². The van der Waals surface area contributed by atoms with Crippen LogP contribution < -0.4 is 16.0 Å². The van der Waals surface area contributed by atoms with Gasteiger partial charge in [0, 0.05) is 45.7 Å². The lowest BCUT2D eigenvalue weighted by atomic mass is 10.1. The maximum Gasteiger partial charge on any atom is 0.251 e. The molecule has 3 amide bonds. The Kier molecular flexibility index (Phi) is 10.1. The average Bonchev–Trinajstić information content (AvgIpc) is 2.75. The molecule has 7 nitrogen and oxygen atoms in total. The van der Waals surface area contributed by atoms with E-state index >= 15 is 0 Å². The van der Waals surface area contributed by atoms with E-state index in [9.17, 15) is 18.6 Å². The van der Waals surface area contributed by atoms with E-state index in [0.29, 0.717) is 11.3 Å². The van der Waals surface area contributed by atoms with Crippen LogP contribution in [0.25, 0.3) is 0 Å². The summed E-state index contributed by atoms with van der Waals surface area (Å²) in [5, 5.41) is 9.57. The van der Waals surface area contributed by atoms with Crippen LogP contribution in [-0.4, -0.2) is 40.8 Å². The Balaban J connectivity index is 2.00. The van der Waals surface area contributed by atoms with Gasteiger partial charge in [-0.3, -0.25) is 18.6 Å². The lowest BCUT2D eigenvalue weighted by molar-refractivity contribution is -0.123. The molecule has 0 aliphatic carbocycles. The Morgan fingerprint density at radius 3 is 2.39 bits per heavy atom. The molecule has 0 fully saturated rings. The lowest BCUT2D eigenvalue weighted by Crippen LogP contribution is -2.47. The van der Waals surface area contributed by atoms with Gasteiger partial charge < -0.3 is 16.0 Å². The Morgan fingerprint density at radius 2 is 1.74 bits per heavy atom. The maximum absolute atomic E-state index is 12.6. The van der Waals surface area contributed by atoms with Gasteiger partial charge in [0.15, 0.2) is 0 Å². The Bertz CT molecular complexity index is 949. The number of anilines is 1. The van der Waals surface area contributed by atoms with Crippen molar-refractivity contribution in [3.63, 3.8) is 0 Å². The highest BCUT2D eigenvalue weighted by molar-refractivity contribution is 9.10. The second-order valence-electron chi connectivity index (χ2n) is 6.60.